The van der Waals surface area contributed by atoms with Crippen molar-refractivity contribution in [2.24, 2.45) is 0 Å². The second kappa shape index (κ2) is 7.41. The van der Waals surface area contributed by atoms with E-state index in [4.69, 9.17) is 15.9 Å². The van der Waals surface area contributed by atoms with Crippen molar-refractivity contribution in [1.82, 2.24) is 9.97 Å². The van der Waals surface area contributed by atoms with E-state index in [1.807, 2.05) is 30.3 Å². The Morgan fingerprint density at radius 1 is 1.05 bits per heavy atom. The molecule has 0 fully saturated rings. The molecule has 1 heterocycles. The zero-order valence-corrected chi connectivity index (χ0v) is 11.6. The molecule has 0 bridgehead atoms. The van der Waals surface area contributed by atoms with Crippen molar-refractivity contribution in [3.05, 3.63) is 36.7 Å². The Morgan fingerprint density at radius 3 is 2.33 bits per heavy atom. The van der Waals surface area contributed by atoms with Gasteiger partial charge in [-0.25, -0.2) is 9.97 Å². The number of aliphatic hydroxyl groups is 2. The number of nitrogens with one attached hydrogen (secondary N) is 1. The van der Waals surface area contributed by atoms with Crippen LogP contribution in [0.15, 0.2) is 36.7 Å². The van der Waals surface area contributed by atoms with Crippen LogP contribution in [0.1, 0.15) is 0 Å². The Labute approximate surface area is 123 Å². The average Bonchev–Trinajstić information content (AvgIpc) is 2.50. The Hall–Kier alpha value is -2.38. The molecule has 0 saturated carbocycles. The molecular weight excluding hydrogens is 270 g/mol. The van der Waals surface area contributed by atoms with Gasteiger partial charge >= 0.3 is 0 Å². The van der Waals surface area contributed by atoms with Crippen LogP contribution in [0, 0.1) is 0 Å². The molecule has 0 amide bonds. The quantitative estimate of drug-likeness (QED) is 0.591. The lowest BCUT2D eigenvalue weighted by Crippen LogP contribution is -2.31. The monoisotopic (exact) mass is 289 g/mol. The van der Waals surface area contributed by atoms with E-state index in [1.54, 1.807) is 4.90 Å². The summed E-state index contributed by atoms with van der Waals surface area (Å²) in [6.45, 7) is 0.578. The van der Waals surface area contributed by atoms with Gasteiger partial charge in [0.1, 0.15) is 12.0 Å². The molecule has 2 rings (SSSR count). The number of nitrogens with two attached hydrogens (primary N) is 1. The molecule has 21 heavy (non-hydrogen) atoms. The molecule has 7 nitrogen and oxygen atoms in total. The largest absolute Gasteiger partial charge is 0.395 e. The van der Waals surface area contributed by atoms with Crippen LogP contribution in [-0.2, 0) is 0 Å². The zero-order valence-electron chi connectivity index (χ0n) is 11.6. The molecule has 0 spiro atoms. The number of anilines is 4. The minimum atomic E-state index is -0.0507. The summed E-state index contributed by atoms with van der Waals surface area (Å²) in [6, 6.07) is 9.54. The first-order valence-electron chi connectivity index (χ1n) is 6.65. The number of nitrogen functional groups attached to an aromatic ring is 1. The van der Waals surface area contributed by atoms with Gasteiger partial charge in [0.25, 0.3) is 0 Å². The average molecular weight is 289 g/mol. The minimum Gasteiger partial charge on any atom is -0.395 e. The van der Waals surface area contributed by atoms with Crippen molar-refractivity contribution < 1.29 is 10.2 Å². The van der Waals surface area contributed by atoms with Crippen LogP contribution < -0.4 is 16.0 Å². The van der Waals surface area contributed by atoms with E-state index in [-0.39, 0.29) is 13.2 Å². The lowest BCUT2D eigenvalue weighted by molar-refractivity contribution is 0.280. The summed E-state index contributed by atoms with van der Waals surface area (Å²) < 4.78 is 0. The van der Waals surface area contributed by atoms with Crippen LogP contribution in [0.25, 0.3) is 0 Å². The number of aromatic nitrogens is 2. The third-order valence-electron chi connectivity index (χ3n) is 2.94. The molecule has 0 saturated heterocycles. The van der Waals surface area contributed by atoms with Crippen LogP contribution in [0.2, 0.25) is 0 Å². The first-order chi connectivity index (χ1) is 10.3. The maximum absolute atomic E-state index is 9.10. The summed E-state index contributed by atoms with van der Waals surface area (Å²) in [7, 11) is 0. The van der Waals surface area contributed by atoms with Crippen molar-refractivity contribution in [2.75, 3.05) is 42.3 Å². The van der Waals surface area contributed by atoms with E-state index >= 15 is 0 Å². The fourth-order valence-electron chi connectivity index (χ4n) is 1.96. The van der Waals surface area contributed by atoms with Gasteiger partial charge in [0, 0.05) is 18.8 Å². The van der Waals surface area contributed by atoms with Gasteiger partial charge in [-0.3, -0.25) is 0 Å². The van der Waals surface area contributed by atoms with Crippen LogP contribution in [0.5, 0.6) is 0 Å². The van der Waals surface area contributed by atoms with E-state index in [2.05, 4.69) is 15.3 Å². The molecular formula is C14H19N5O2. The second-order valence-electron chi connectivity index (χ2n) is 4.38. The van der Waals surface area contributed by atoms with Gasteiger partial charge in [0.05, 0.1) is 13.2 Å². The molecule has 112 valence electrons. The highest BCUT2D eigenvalue weighted by Gasteiger charge is 2.14. The second-order valence-corrected chi connectivity index (χ2v) is 4.38. The first kappa shape index (κ1) is 15.0. The Bertz CT molecular complexity index is 559. The summed E-state index contributed by atoms with van der Waals surface area (Å²) >= 11 is 0. The molecule has 0 aliphatic rings. The molecule has 5 N–H and O–H groups in total. The molecule has 2 aromatic rings. The Balaban J connectivity index is 2.26. The maximum atomic E-state index is 9.10. The van der Waals surface area contributed by atoms with E-state index in [0.717, 1.165) is 5.69 Å². The standard InChI is InChI=1S/C14H19N5O2/c15-12-13(18-11-4-2-1-3-5-11)16-10-17-14(12)19(6-8-20)7-9-21/h1-5,10,20-21H,6-9,15H2,(H,16,17,18). The molecule has 7 heteroatoms. The number of hydrogen-bond donors (Lipinski definition) is 4. The fraction of sp³-hybridized carbons (Fsp3) is 0.286. The van der Waals surface area contributed by atoms with Crippen molar-refractivity contribution in [3.8, 4) is 0 Å². The van der Waals surface area contributed by atoms with E-state index < -0.39 is 0 Å². The highest BCUT2D eigenvalue weighted by Crippen LogP contribution is 2.28. The SMILES string of the molecule is Nc1c(Nc2ccccc2)ncnc1N(CCO)CCO. The maximum Gasteiger partial charge on any atom is 0.159 e. The van der Waals surface area contributed by atoms with Gasteiger partial charge < -0.3 is 26.2 Å². The third-order valence-corrected chi connectivity index (χ3v) is 2.94. The van der Waals surface area contributed by atoms with Gasteiger partial charge in [0.2, 0.25) is 0 Å². The van der Waals surface area contributed by atoms with Gasteiger partial charge in [-0.1, -0.05) is 18.2 Å². The lowest BCUT2D eigenvalue weighted by Gasteiger charge is -2.23. The molecule has 0 unspecified atom stereocenters. The number of rotatable bonds is 7. The smallest absolute Gasteiger partial charge is 0.159 e. The van der Waals surface area contributed by atoms with Crippen molar-refractivity contribution >= 4 is 23.0 Å². The van der Waals surface area contributed by atoms with E-state index in [0.29, 0.717) is 30.4 Å². The number of hydrogen-bond acceptors (Lipinski definition) is 7. The van der Waals surface area contributed by atoms with Gasteiger partial charge in [0.15, 0.2) is 11.6 Å². The molecule has 0 aliphatic heterocycles. The van der Waals surface area contributed by atoms with Crippen LogP contribution >= 0.6 is 0 Å². The van der Waals surface area contributed by atoms with E-state index in [9.17, 15) is 0 Å². The van der Waals surface area contributed by atoms with Crippen LogP contribution in [0.4, 0.5) is 23.0 Å². The van der Waals surface area contributed by atoms with Gasteiger partial charge in [-0.15, -0.1) is 0 Å². The predicted octanol–water partition coefficient (Wildman–Crippen LogP) is 0.593. The van der Waals surface area contributed by atoms with Crippen LogP contribution in [-0.4, -0.2) is 46.5 Å². The predicted molar refractivity (Wildman–Crippen MR) is 82.6 cm³/mol. The molecule has 0 radical (unpaired) electrons. The number of benzene rings is 1. The number of aliphatic hydroxyl groups excluding tert-OH is 2. The van der Waals surface area contributed by atoms with Crippen molar-refractivity contribution in [1.29, 1.82) is 0 Å². The Morgan fingerprint density at radius 2 is 1.71 bits per heavy atom. The highest BCUT2D eigenvalue weighted by atomic mass is 16.3. The summed E-state index contributed by atoms with van der Waals surface area (Å²) in [5.74, 6) is 0.985. The normalized spacial score (nSPS) is 10.4. The van der Waals surface area contributed by atoms with Crippen molar-refractivity contribution in [2.45, 2.75) is 0 Å². The van der Waals surface area contributed by atoms with Gasteiger partial charge in [-0.2, -0.15) is 0 Å². The topological polar surface area (TPSA) is 108 Å². The molecule has 1 aromatic carbocycles. The zero-order chi connectivity index (χ0) is 15.1. The minimum absolute atomic E-state index is 0.0507. The first-order valence-corrected chi connectivity index (χ1v) is 6.65. The van der Waals surface area contributed by atoms with Crippen molar-refractivity contribution in [3.63, 3.8) is 0 Å². The summed E-state index contributed by atoms with van der Waals surface area (Å²) in [5, 5.41) is 21.3. The Kier molecular flexibility index (Phi) is 5.30. The van der Waals surface area contributed by atoms with Gasteiger partial charge in [-0.05, 0) is 12.1 Å². The molecule has 1 aromatic heterocycles. The highest BCUT2D eigenvalue weighted by molar-refractivity contribution is 5.78. The molecule has 0 atom stereocenters. The summed E-state index contributed by atoms with van der Waals surface area (Å²) in [5.41, 5.74) is 7.34. The summed E-state index contributed by atoms with van der Waals surface area (Å²) in [4.78, 5) is 10.00. The van der Waals surface area contributed by atoms with Crippen LogP contribution in [0.3, 0.4) is 0 Å². The lowest BCUT2D eigenvalue weighted by atomic mass is 10.3. The summed E-state index contributed by atoms with van der Waals surface area (Å²) in [6.07, 6.45) is 1.40. The number of para-hydroxylation sites is 1. The fourth-order valence-corrected chi connectivity index (χ4v) is 1.96. The molecule has 0 aliphatic carbocycles. The number of nitrogens with zero attached hydrogens (tertiary/aromatic N) is 3. The van der Waals surface area contributed by atoms with E-state index in [1.165, 1.54) is 6.33 Å². The third kappa shape index (κ3) is 3.80.